The molecule has 160 valence electrons. The molecule has 1 amide bonds. The van der Waals surface area contributed by atoms with Gasteiger partial charge in [0.05, 0.1) is 18.3 Å². The van der Waals surface area contributed by atoms with E-state index >= 15 is 0 Å². The van der Waals surface area contributed by atoms with E-state index in [1.165, 1.54) is 27.7 Å². The van der Waals surface area contributed by atoms with E-state index in [1.807, 2.05) is 25.1 Å². The van der Waals surface area contributed by atoms with Gasteiger partial charge in [-0.15, -0.1) is 11.3 Å². The second-order valence-electron chi connectivity index (χ2n) is 7.47. The molecule has 1 atom stereocenters. The van der Waals surface area contributed by atoms with Gasteiger partial charge in [-0.2, -0.15) is 0 Å². The zero-order chi connectivity index (χ0) is 21.8. The van der Waals surface area contributed by atoms with Gasteiger partial charge in [-0.25, -0.2) is 4.79 Å². The van der Waals surface area contributed by atoms with Gasteiger partial charge in [0.2, 0.25) is 5.91 Å². The number of thiophene rings is 1. The first-order chi connectivity index (χ1) is 15.0. The Morgan fingerprint density at radius 2 is 1.90 bits per heavy atom. The zero-order valence-electron chi connectivity index (χ0n) is 17.1. The minimum absolute atomic E-state index is 0.0214. The van der Waals surface area contributed by atoms with E-state index in [2.05, 4.69) is 17.4 Å². The van der Waals surface area contributed by atoms with E-state index in [4.69, 9.17) is 4.42 Å². The number of rotatable bonds is 8. The number of aromatic nitrogens is 2. The number of nitrogens with one attached hydrogen (secondary N) is 1. The van der Waals surface area contributed by atoms with Crippen molar-refractivity contribution in [3.8, 4) is 0 Å². The van der Waals surface area contributed by atoms with Crippen molar-refractivity contribution in [1.82, 2.24) is 14.5 Å². The summed E-state index contributed by atoms with van der Waals surface area (Å²) in [6.07, 6.45) is 3.13. The SMILES string of the molecule is CC(CCc1ccccc1)NC(=O)Cn1c(=O)n(Cc2ccco2)c(=O)c2sccc21. The molecular formula is C23H23N3O4S. The number of hydrogen-bond acceptors (Lipinski definition) is 5. The molecule has 31 heavy (non-hydrogen) atoms. The summed E-state index contributed by atoms with van der Waals surface area (Å²) in [4.78, 5) is 38.6. The number of hydrogen-bond donors (Lipinski definition) is 1. The Morgan fingerprint density at radius 1 is 1.10 bits per heavy atom. The van der Waals surface area contributed by atoms with E-state index in [0.29, 0.717) is 16.0 Å². The summed E-state index contributed by atoms with van der Waals surface area (Å²) < 4.78 is 8.21. The normalized spacial score (nSPS) is 12.2. The molecule has 1 unspecified atom stereocenters. The number of aryl methyl sites for hydroxylation is 1. The molecule has 4 aromatic rings. The molecule has 0 aliphatic carbocycles. The number of amides is 1. The summed E-state index contributed by atoms with van der Waals surface area (Å²) in [5.74, 6) is 0.235. The van der Waals surface area contributed by atoms with Gasteiger partial charge in [0, 0.05) is 6.04 Å². The van der Waals surface area contributed by atoms with Crippen LogP contribution in [0.25, 0.3) is 10.2 Å². The highest BCUT2D eigenvalue weighted by molar-refractivity contribution is 7.17. The number of carbonyl (C=O) groups is 1. The summed E-state index contributed by atoms with van der Waals surface area (Å²) in [6.45, 7) is 1.81. The monoisotopic (exact) mass is 437 g/mol. The molecule has 4 rings (SSSR count). The average molecular weight is 438 g/mol. The lowest BCUT2D eigenvalue weighted by atomic mass is 10.1. The zero-order valence-corrected chi connectivity index (χ0v) is 17.9. The van der Waals surface area contributed by atoms with Crippen LogP contribution in [0.15, 0.2) is 74.2 Å². The summed E-state index contributed by atoms with van der Waals surface area (Å²) in [7, 11) is 0. The summed E-state index contributed by atoms with van der Waals surface area (Å²) in [6, 6.07) is 15.1. The fraction of sp³-hybridized carbons (Fsp3) is 0.261. The maximum atomic E-state index is 13.1. The molecule has 0 fully saturated rings. The van der Waals surface area contributed by atoms with Crippen LogP contribution in [0.3, 0.4) is 0 Å². The fourth-order valence-electron chi connectivity index (χ4n) is 3.55. The maximum absolute atomic E-state index is 13.1. The molecule has 0 aliphatic heterocycles. The van der Waals surface area contributed by atoms with Crippen molar-refractivity contribution < 1.29 is 9.21 Å². The largest absolute Gasteiger partial charge is 0.467 e. The van der Waals surface area contributed by atoms with Crippen molar-refractivity contribution in [3.05, 3.63) is 92.3 Å². The van der Waals surface area contributed by atoms with Gasteiger partial charge in [0.25, 0.3) is 5.56 Å². The quantitative estimate of drug-likeness (QED) is 0.459. The molecule has 1 N–H and O–H groups in total. The van der Waals surface area contributed by atoms with Gasteiger partial charge >= 0.3 is 5.69 Å². The lowest BCUT2D eigenvalue weighted by molar-refractivity contribution is -0.122. The number of benzene rings is 1. The molecule has 0 radical (unpaired) electrons. The standard InChI is InChI=1S/C23H23N3O4S/c1-16(9-10-17-6-3-2-4-7-17)24-20(27)15-25-19-11-13-31-21(19)22(28)26(23(25)29)14-18-8-5-12-30-18/h2-8,11-13,16H,9-10,14-15H2,1H3,(H,24,27). The Morgan fingerprint density at radius 3 is 2.65 bits per heavy atom. The predicted molar refractivity (Wildman–Crippen MR) is 121 cm³/mol. The number of furan rings is 1. The third kappa shape index (κ3) is 4.69. The van der Waals surface area contributed by atoms with Crippen molar-refractivity contribution in [2.45, 2.75) is 38.9 Å². The Kier molecular flexibility index (Phi) is 6.18. The van der Waals surface area contributed by atoms with E-state index in [-0.39, 0.29) is 30.6 Å². The molecule has 7 nitrogen and oxygen atoms in total. The molecule has 1 aromatic carbocycles. The molecule has 0 saturated carbocycles. The topological polar surface area (TPSA) is 86.2 Å². The second kappa shape index (κ2) is 9.18. The molecule has 0 aliphatic rings. The highest BCUT2D eigenvalue weighted by Gasteiger charge is 2.18. The Balaban J connectivity index is 1.52. The smallest absolute Gasteiger partial charge is 0.332 e. The molecule has 8 heteroatoms. The lowest BCUT2D eigenvalue weighted by Gasteiger charge is -2.16. The highest BCUT2D eigenvalue weighted by Crippen LogP contribution is 2.15. The van der Waals surface area contributed by atoms with Crippen LogP contribution in [-0.4, -0.2) is 21.1 Å². The van der Waals surface area contributed by atoms with Crippen LogP contribution in [0, 0.1) is 0 Å². The van der Waals surface area contributed by atoms with Crippen LogP contribution in [0.2, 0.25) is 0 Å². The van der Waals surface area contributed by atoms with Gasteiger partial charge in [0.15, 0.2) is 0 Å². The summed E-state index contributed by atoms with van der Waals surface area (Å²) >= 11 is 1.25. The van der Waals surface area contributed by atoms with Crippen LogP contribution >= 0.6 is 11.3 Å². The molecule has 3 heterocycles. The Bertz CT molecular complexity index is 1290. The van der Waals surface area contributed by atoms with E-state index in [0.717, 1.165) is 17.4 Å². The van der Waals surface area contributed by atoms with E-state index in [1.54, 1.807) is 23.6 Å². The minimum atomic E-state index is -0.528. The third-order valence-electron chi connectivity index (χ3n) is 5.15. The van der Waals surface area contributed by atoms with E-state index < -0.39 is 5.69 Å². The average Bonchev–Trinajstić information content (AvgIpc) is 3.46. The van der Waals surface area contributed by atoms with Crippen LogP contribution in [0.1, 0.15) is 24.7 Å². The third-order valence-corrected chi connectivity index (χ3v) is 6.04. The van der Waals surface area contributed by atoms with E-state index in [9.17, 15) is 14.4 Å². The second-order valence-corrected chi connectivity index (χ2v) is 8.38. The molecule has 3 aromatic heterocycles. The van der Waals surface area contributed by atoms with Crippen molar-refractivity contribution in [3.63, 3.8) is 0 Å². The van der Waals surface area contributed by atoms with Gasteiger partial charge in [0.1, 0.15) is 17.0 Å². The number of fused-ring (bicyclic) bond motifs is 1. The fourth-order valence-corrected chi connectivity index (χ4v) is 4.39. The lowest BCUT2D eigenvalue weighted by Crippen LogP contribution is -2.43. The van der Waals surface area contributed by atoms with Gasteiger partial charge in [-0.3, -0.25) is 18.7 Å². The summed E-state index contributed by atoms with van der Waals surface area (Å²) in [5.41, 5.74) is 0.784. The Hall–Kier alpha value is -3.39. The van der Waals surface area contributed by atoms with Crippen molar-refractivity contribution in [2.75, 3.05) is 0 Å². The van der Waals surface area contributed by atoms with Crippen LogP contribution in [0.5, 0.6) is 0 Å². The number of nitrogens with zero attached hydrogens (tertiary/aromatic N) is 2. The minimum Gasteiger partial charge on any atom is -0.467 e. The maximum Gasteiger partial charge on any atom is 0.332 e. The van der Waals surface area contributed by atoms with Crippen molar-refractivity contribution in [1.29, 1.82) is 0 Å². The predicted octanol–water partition coefficient (Wildman–Crippen LogP) is 3.00. The first kappa shape index (κ1) is 20.9. The summed E-state index contributed by atoms with van der Waals surface area (Å²) in [5, 5.41) is 4.71. The molecule has 0 bridgehead atoms. The number of carbonyl (C=O) groups excluding carboxylic acids is 1. The van der Waals surface area contributed by atoms with Crippen LogP contribution in [-0.2, 0) is 24.3 Å². The highest BCUT2D eigenvalue weighted by atomic mass is 32.1. The van der Waals surface area contributed by atoms with Crippen LogP contribution in [0.4, 0.5) is 0 Å². The molecular weight excluding hydrogens is 414 g/mol. The Labute approximate surface area is 182 Å². The first-order valence-electron chi connectivity index (χ1n) is 10.1. The first-order valence-corrected chi connectivity index (χ1v) is 11.0. The van der Waals surface area contributed by atoms with Gasteiger partial charge in [-0.05, 0) is 48.9 Å². The van der Waals surface area contributed by atoms with Crippen molar-refractivity contribution in [2.24, 2.45) is 0 Å². The van der Waals surface area contributed by atoms with Crippen LogP contribution < -0.4 is 16.6 Å². The van der Waals surface area contributed by atoms with Gasteiger partial charge < -0.3 is 9.73 Å². The molecule has 0 spiro atoms. The van der Waals surface area contributed by atoms with Crippen molar-refractivity contribution >= 4 is 27.5 Å². The molecule has 0 saturated heterocycles. The van der Waals surface area contributed by atoms with Gasteiger partial charge in [-0.1, -0.05) is 30.3 Å².